The summed E-state index contributed by atoms with van der Waals surface area (Å²) in [5, 5.41) is 0. The predicted molar refractivity (Wildman–Crippen MR) is 56.4 cm³/mol. The van der Waals surface area contributed by atoms with E-state index in [0.29, 0.717) is 23.6 Å². The molecule has 0 aliphatic carbocycles. The number of nitrogens with two attached hydrogens (primary N) is 1. The molecular formula is C10H11N3O2. The van der Waals surface area contributed by atoms with Crippen molar-refractivity contribution in [2.24, 2.45) is 0 Å². The zero-order valence-corrected chi connectivity index (χ0v) is 8.28. The van der Waals surface area contributed by atoms with E-state index in [1.165, 1.54) is 6.26 Å². The highest BCUT2D eigenvalue weighted by Crippen LogP contribution is 2.15. The van der Waals surface area contributed by atoms with Gasteiger partial charge in [-0.05, 0) is 18.6 Å². The quantitative estimate of drug-likeness (QED) is 0.770. The van der Waals surface area contributed by atoms with E-state index in [2.05, 4.69) is 9.97 Å². The van der Waals surface area contributed by atoms with Crippen LogP contribution >= 0.6 is 0 Å². The Hall–Kier alpha value is -2.04. The average molecular weight is 205 g/mol. The number of hydrogen-bond donors (Lipinski definition) is 2. The lowest BCUT2D eigenvalue weighted by Gasteiger charge is -2.02. The van der Waals surface area contributed by atoms with Crippen LogP contribution < -0.4 is 11.3 Å². The van der Waals surface area contributed by atoms with Gasteiger partial charge in [0.2, 0.25) is 0 Å². The van der Waals surface area contributed by atoms with Gasteiger partial charge in [-0.15, -0.1) is 0 Å². The van der Waals surface area contributed by atoms with Crippen molar-refractivity contribution in [1.82, 2.24) is 9.97 Å². The first-order valence-corrected chi connectivity index (χ1v) is 4.65. The maximum atomic E-state index is 11.6. The number of furan rings is 1. The molecule has 2 aromatic heterocycles. The lowest BCUT2D eigenvalue weighted by Crippen LogP contribution is -2.17. The number of hydrogen-bond acceptors (Lipinski definition) is 4. The smallest absolute Gasteiger partial charge is 0.256 e. The molecule has 0 saturated carbocycles. The molecule has 2 rings (SSSR count). The fourth-order valence-electron chi connectivity index (χ4n) is 1.39. The Balaban J connectivity index is 2.58. The van der Waals surface area contributed by atoms with Crippen molar-refractivity contribution >= 4 is 5.82 Å². The monoisotopic (exact) mass is 205 g/mol. The Morgan fingerprint density at radius 3 is 2.93 bits per heavy atom. The fourth-order valence-corrected chi connectivity index (χ4v) is 1.39. The van der Waals surface area contributed by atoms with Crippen LogP contribution in [0.15, 0.2) is 27.6 Å². The number of aromatic amines is 1. The van der Waals surface area contributed by atoms with E-state index in [9.17, 15) is 4.79 Å². The number of aromatic nitrogens is 2. The second-order valence-electron chi connectivity index (χ2n) is 3.11. The van der Waals surface area contributed by atoms with Gasteiger partial charge in [-0.3, -0.25) is 4.79 Å². The summed E-state index contributed by atoms with van der Waals surface area (Å²) in [6.07, 6.45) is 2.08. The van der Waals surface area contributed by atoms with Gasteiger partial charge >= 0.3 is 0 Å². The van der Waals surface area contributed by atoms with Crippen molar-refractivity contribution in [2.45, 2.75) is 13.3 Å². The largest absolute Gasteiger partial charge is 0.461 e. The van der Waals surface area contributed by atoms with Gasteiger partial charge in [-0.2, -0.15) is 0 Å². The zero-order chi connectivity index (χ0) is 10.8. The first kappa shape index (κ1) is 9.51. The Kier molecular flexibility index (Phi) is 2.29. The maximum Gasteiger partial charge on any atom is 0.256 e. The minimum absolute atomic E-state index is 0.212. The fraction of sp³-hybridized carbons (Fsp3) is 0.200. The van der Waals surface area contributed by atoms with Gasteiger partial charge in [0, 0.05) is 0 Å². The van der Waals surface area contributed by atoms with Gasteiger partial charge in [0.05, 0.1) is 11.8 Å². The van der Waals surface area contributed by atoms with E-state index in [0.717, 1.165) is 0 Å². The molecule has 0 amide bonds. The van der Waals surface area contributed by atoms with Crippen LogP contribution in [0, 0.1) is 0 Å². The number of anilines is 1. The van der Waals surface area contributed by atoms with E-state index < -0.39 is 0 Å². The summed E-state index contributed by atoms with van der Waals surface area (Å²) < 4.78 is 5.11. The second kappa shape index (κ2) is 3.61. The molecule has 78 valence electrons. The van der Waals surface area contributed by atoms with Gasteiger partial charge in [-0.1, -0.05) is 6.92 Å². The minimum atomic E-state index is -0.212. The van der Waals surface area contributed by atoms with E-state index in [-0.39, 0.29) is 11.4 Å². The summed E-state index contributed by atoms with van der Waals surface area (Å²) >= 11 is 0. The highest BCUT2D eigenvalue weighted by Gasteiger charge is 2.09. The molecule has 0 radical (unpaired) electrons. The van der Waals surface area contributed by atoms with Gasteiger partial charge < -0.3 is 15.1 Å². The molecule has 2 heterocycles. The van der Waals surface area contributed by atoms with Crippen molar-refractivity contribution < 1.29 is 4.42 Å². The minimum Gasteiger partial charge on any atom is -0.461 e. The lowest BCUT2D eigenvalue weighted by molar-refractivity contribution is 0.577. The van der Waals surface area contributed by atoms with Gasteiger partial charge in [0.1, 0.15) is 5.82 Å². The van der Waals surface area contributed by atoms with Crippen molar-refractivity contribution in [3.05, 3.63) is 34.3 Å². The third-order valence-electron chi connectivity index (χ3n) is 2.16. The molecule has 0 aliphatic heterocycles. The molecule has 5 nitrogen and oxygen atoms in total. The van der Waals surface area contributed by atoms with E-state index >= 15 is 0 Å². The molecule has 15 heavy (non-hydrogen) atoms. The number of nitrogens with zero attached hydrogens (tertiary/aromatic N) is 1. The van der Waals surface area contributed by atoms with Crippen molar-refractivity contribution in [3.8, 4) is 11.6 Å². The Morgan fingerprint density at radius 2 is 2.40 bits per heavy atom. The number of nitrogen functional groups attached to an aromatic ring is 1. The van der Waals surface area contributed by atoms with E-state index in [1.54, 1.807) is 12.1 Å². The van der Waals surface area contributed by atoms with Crippen LogP contribution in [0.5, 0.6) is 0 Å². The average Bonchev–Trinajstić information content (AvgIpc) is 2.69. The Bertz CT molecular complexity index is 514. The van der Waals surface area contributed by atoms with Crippen molar-refractivity contribution in [3.63, 3.8) is 0 Å². The Morgan fingerprint density at radius 1 is 1.60 bits per heavy atom. The van der Waals surface area contributed by atoms with Crippen molar-refractivity contribution in [2.75, 3.05) is 5.73 Å². The predicted octanol–water partition coefficient (Wildman–Crippen LogP) is 1.17. The van der Waals surface area contributed by atoms with Crippen LogP contribution in [0.25, 0.3) is 11.6 Å². The third kappa shape index (κ3) is 1.63. The topological polar surface area (TPSA) is 84.9 Å². The summed E-state index contributed by atoms with van der Waals surface area (Å²) in [7, 11) is 0. The van der Waals surface area contributed by atoms with Crippen LogP contribution in [0.4, 0.5) is 5.82 Å². The van der Waals surface area contributed by atoms with Crippen LogP contribution in [0.3, 0.4) is 0 Å². The molecule has 0 spiro atoms. The van der Waals surface area contributed by atoms with E-state index in [1.807, 2.05) is 6.92 Å². The highest BCUT2D eigenvalue weighted by molar-refractivity contribution is 5.51. The normalized spacial score (nSPS) is 10.5. The molecule has 0 saturated heterocycles. The maximum absolute atomic E-state index is 11.6. The van der Waals surface area contributed by atoms with Crippen molar-refractivity contribution in [1.29, 1.82) is 0 Å². The summed E-state index contributed by atoms with van der Waals surface area (Å²) in [4.78, 5) is 18.3. The molecule has 5 heteroatoms. The second-order valence-corrected chi connectivity index (χ2v) is 3.11. The highest BCUT2D eigenvalue weighted by atomic mass is 16.3. The van der Waals surface area contributed by atoms with Gasteiger partial charge in [-0.25, -0.2) is 4.98 Å². The molecule has 3 N–H and O–H groups in total. The summed E-state index contributed by atoms with van der Waals surface area (Å²) in [5.74, 6) is 1.12. The standard InChI is InChI=1S/C10H11N3O2/c1-2-6-8(11)12-9(13-10(6)14)7-4-3-5-15-7/h3-5H,2H2,1H3,(H3,11,12,13,14). The SMILES string of the molecule is CCc1c(N)nc(-c2ccco2)[nH]c1=O. The van der Waals surface area contributed by atoms with Gasteiger partial charge in [0.25, 0.3) is 5.56 Å². The van der Waals surface area contributed by atoms with Crippen LogP contribution in [0.1, 0.15) is 12.5 Å². The molecular weight excluding hydrogens is 194 g/mol. The van der Waals surface area contributed by atoms with Gasteiger partial charge in [0.15, 0.2) is 11.6 Å². The Labute approximate surface area is 86.0 Å². The molecule has 0 atom stereocenters. The molecule has 2 aromatic rings. The first-order valence-electron chi connectivity index (χ1n) is 4.65. The number of H-pyrrole nitrogens is 1. The summed E-state index contributed by atoms with van der Waals surface area (Å²) in [5.41, 5.74) is 5.96. The van der Waals surface area contributed by atoms with Crippen LogP contribution in [-0.2, 0) is 6.42 Å². The molecule has 0 aliphatic rings. The molecule has 0 unspecified atom stereocenters. The summed E-state index contributed by atoms with van der Waals surface area (Å²) in [6, 6.07) is 3.43. The lowest BCUT2D eigenvalue weighted by atomic mass is 10.2. The molecule has 0 fully saturated rings. The summed E-state index contributed by atoms with van der Waals surface area (Å²) in [6.45, 7) is 1.86. The first-order chi connectivity index (χ1) is 7.22. The zero-order valence-electron chi connectivity index (χ0n) is 8.28. The molecule has 0 bridgehead atoms. The van der Waals surface area contributed by atoms with Crippen LogP contribution in [-0.4, -0.2) is 9.97 Å². The van der Waals surface area contributed by atoms with Crippen LogP contribution in [0.2, 0.25) is 0 Å². The third-order valence-corrected chi connectivity index (χ3v) is 2.16. The number of nitrogens with one attached hydrogen (secondary N) is 1. The number of rotatable bonds is 2. The van der Waals surface area contributed by atoms with E-state index in [4.69, 9.17) is 10.2 Å². The molecule has 0 aromatic carbocycles.